The van der Waals surface area contributed by atoms with Crippen molar-refractivity contribution in [3.05, 3.63) is 65.0 Å². The second kappa shape index (κ2) is 8.64. The number of aromatic nitrogens is 2. The molecule has 5 nitrogen and oxygen atoms in total. The Balaban J connectivity index is 1.68. The monoisotopic (exact) mass is 423 g/mol. The maximum atomic E-state index is 5.53. The summed E-state index contributed by atoms with van der Waals surface area (Å²) in [6.45, 7) is 6.08. The van der Waals surface area contributed by atoms with Crippen LogP contribution in [0.3, 0.4) is 0 Å². The molecule has 2 aromatic carbocycles. The van der Waals surface area contributed by atoms with Crippen molar-refractivity contribution in [2.24, 2.45) is 7.05 Å². The van der Waals surface area contributed by atoms with Crippen LogP contribution in [-0.2, 0) is 13.6 Å². The average Bonchev–Trinajstić information content (AvgIpc) is 2.97. The number of rotatable bonds is 5. The highest BCUT2D eigenvalue weighted by molar-refractivity contribution is 7.99. The molecule has 1 aliphatic rings. The molecule has 0 N–H and O–H groups in total. The standard InChI is InChI=1S/C24H29N3O2S/c1-16-12-18(6-9-22(16)29-5)23-10-11-27(15-19-14-25-26(3)17(19)2)21-8-7-20(28-4)13-24(21)30-23/h6-9,12-14,23H,10-11,15H2,1-5H3. The molecule has 0 spiro atoms. The fourth-order valence-corrected chi connectivity index (χ4v) is 5.30. The van der Waals surface area contributed by atoms with Gasteiger partial charge in [-0.1, -0.05) is 12.1 Å². The molecule has 1 aromatic heterocycles. The first-order chi connectivity index (χ1) is 14.5. The highest BCUT2D eigenvalue weighted by atomic mass is 32.2. The largest absolute Gasteiger partial charge is 0.497 e. The number of ether oxygens (including phenoxy) is 2. The SMILES string of the molecule is COc1ccc2c(c1)SC(c1ccc(OC)c(C)c1)CCN2Cc1cnn(C)c1C. The molecule has 1 aliphatic heterocycles. The van der Waals surface area contributed by atoms with Gasteiger partial charge in [-0.2, -0.15) is 5.10 Å². The maximum absolute atomic E-state index is 5.53. The van der Waals surface area contributed by atoms with Gasteiger partial charge in [-0.15, -0.1) is 11.8 Å². The normalized spacial score (nSPS) is 16.2. The van der Waals surface area contributed by atoms with E-state index >= 15 is 0 Å². The number of hydrogen-bond donors (Lipinski definition) is 0. The smallest absolute Gasteiger partial charge is 0.121 e. The predicted molar refractivity (Wildman–Crippen MR) is 123 cm³/mol. The first-order valence-electron chi connectivity index (χ1n) is 10.2. The van der Waals surface area contributed by atoms with E-state index in [1.165, 1.54) is 33.0 Å². The van der Waals surface area contributed by atoms with E-state index in [0.717, 1.165) is 31.0 Å². The predicted octanol–water partition coefficient (Wildman–Crippen LogP) is 5.30. The molecule has 0 saturated heterocycles. The van der Waals surface area contributed by atoms with Gasteiger partial charge in [0.25, 0.3) is 0 Å². The first-order valence-corrected chi connectivity index (χ1v) is 11.1. The lowest BCUT2D eigenvalue weighted by Gasteiger charge is -2.24. The topological polar surface area (TPSA) is 39.5 Å². The van der Waals surface area contributed by atoms with Crippen LogP contribution in [-0.4, -0.2) is 30.5 Å². The molecule has 0 amide bonds. The van der Waals surface area contributed by atoms with E-state index in [4.69, 9.17) is 9.47 Å². The van der Waals surface area contributed by atoms with Crippen molar-refractivity contribution in [3.8, 4) is 11.5 Å². The molecule has 1 unspecified atom stereocenters. The van der Waals surface area contributed by atoms with Crippen molar-refractivity contribution in [1.29, 1.82) is 0 Å². The van der Waals surface area contributed by atoms with Gasteiger partial charge in [0.1, 0.15) is 11.5 Å². The van der Waals surface area contributed by atoms with Crippen LogP contribution in [0.15, 0.2) is 47.5 Å². The Morgan fingerprint density at radius 3 is 2.60 bits per heavy atom. The van der Waals surface area contributed by atoms with Crippen LogP contribution in [0, 0.1) is 13.8 Å². The van der Waals surface area contributed by atoms with Crippen LogP contribution in [0.2, 0.25) is 0 Å². The minimum atomic E-state index is 0.375. The third kappa shape index (κ3) is 4.01. The third-order valence-electron chi connectivity index (χ3n) is 5.93. The number of aryl methyl sites for hydroxylation is 2. The van der Waals surface area contributed by atoms with E-state index < -0.39 is 0 Å². The molecule has 1 atom stereocenters. The Bertz CT molecular complexity index is 1050. The maximum Gasteiger partial charge on any atom is 0.121 e. The zero-order chi connectivity index (χ0) is 21.3. The summed E-state index contributed by atoms with van der Waals surface area (Å²) in [5.41, 5.74) is 6.25. The van der Waals surface area contributed by atoms with E-state index in [1.807, 2.05) is 29.7 Å². The van der Waals surface area contributed by atoms with Crippen LogP contribution in [0.5, 0.6) is 11.5 Å². The zero-order valence-corrected chi connectivity index (χ0v) is 19.1. The van der Waals surface area contributed by atoms with E-state index in [1.54, 1.807) is 14.2 Å². The molecule has 0 radical (unpaired) electrons. The summed E-state index contributed by atoms with van der Waals surface area (Å²) in [5.74, 6) is 1.83. The molecule has 0 bridgehead atoms. The molecule has 0 fully saturated rings. The van der Waals surface area contributed by atoms with E-state index in [0.29, 0.717) is 5.25 Å². The molecule has 0 saturated carbocycles. The number of hydrogen-bond acceptors (Lipinski definition) is 5. The Morgan fingerprint density at radius 1 is 1.10 bits per heavy atom. The Morgan fingerprint density at radius 2 is 1.93 bits per heavy atom. The van der Waals surface area contributed by atoms with Gasteiger partial charge in [-0.05, 0) is 55.7 Å². The summed E-state index contributed by atoms with van der Waals surface area (Å²) >= 11 is 1.92. The van der Waals surface area contributed by atoms with E-state index in [-0.39, 0.29) is 0 Å². The lowest BCUT2D eigenvalue weighted by atomic mass is 10.1. The molecule has 3 aromatic rings. The van der Waals surface area contributed by atoms with Gasteiger partial charge < -0.3 is 14.4 Å². The number of anilines is 1. The van der Waals surface area contributed by atoms with Gasteiger partial charge in [0.15, 0.2) is 0 Å². The third-order valence-corrected chi connectivity index (χ3v) is 7.30. The second-order valence-electron chi connectivity index (χ2n) is 7.76. The van der Waals surface area contributed by atoms with Crippen LogP contribution < -0.4 is 14.4 Å². The molecular weight excluding hydrogens is 394 g/mol. The van der Waals surface area contributed by atoms with Crippen LogP contribution in [0.25, 0.3) is 0 Å². The molecule has 2 heterocycles. The van der Waals surface area contributed by atoms with Crippen LogP contribution >= 0.6 is 11.8 Å². The van der Waals surface area contributed by atoms with E-state index in [2.05, 4.69) is 60.2 Å². The number of benzene rings is 2. The Kier molecular flexibility index (Phi) is 5.95. The van der Waals surface area contributed by atoms with Crippen molar-refractivity contribution in [3.63, 3.8) is 0 Å². The molecular formula is C24H29N3O2S. The van der Waals surface area contributed by atoms with Gasteiger partial charge in [0.2, 0.25) is 0 Å². The summed E-state index contributed by atoms with van der Waals surface area (Å²) in [6, 6.07) is 13.0. The van der Waals surface area contributed by atoms with Crippen LogP contribution in [0.1, 0.15) is 34.1 Å². The number of thioether (sulfide) groups is 1. The lowest BCUT2D eigenvalue weighted by Crippen LogP contribution is -2.24. The second-order valence-corrected chi connectivity index (χ2v) is 9.00. The van der Waals surface area contributed by atoms with Gasteiger partial charge in [-0.25, -0.2) is 0 Å². The quantitative estimate of drug-likeness (QED) is 0.557. The molecule has 6 heteroatoms. The highest BCUT2D eigenvalue weighted by Gasteiger charge is 2.25. The lowest BCUT2D eigenvalue weighted by molar-refractivity contribution is 0.411. The summed E-state index contributed by atoms with van der Waals surface area (Å²) in [5, 5.41) is 4.81. The number of nitrogens with zero attached hydrogens (tertiary/aromatic N) is 3. The highest BCUT2D eigenvalue weighted by Crippen LogP contribution is 2.47. The van der Waals surface area contributed by atoms with Crippen molar-refractivity contribution in [2.45, 2.75) is 37.0 Å². The van der Waals surface area contributed by atoms with E-state index in [9.17, 15) is 0 Å². The van der Waals surface area contributed by atoms with Crippen molar-refractivity contribution in [1.82, 2.24) is 9.78 Å². The van der Waals surface area contributed by atoms with Crippen molar-refractivity contribution >= 4 is 17.4 Å². The van der Waals surface area contributed by atoms with Crippen molar-refractivity contribution < 1.29 is 9.47 Å². The molecule has 158 valence electrons. The Hall–Kier alpha value is -2.60. The first kappa shape index (κ1) is 20.7. The summed E-state index contributed by atoms with van der Waals surface area (Å²) in [7, 11) is 5.45. The fraction of sp³-hybridized carbons (Fsp3) is 0.375. The Labute approximate surface area is 183 Å². The summed E-state index contributed by atoms with van der Waals surface area (Å²) < 4.78 is 12.9. The van der Waals surface area contributed by atoms with Gasteiger partial charge >= 0.3 is 0 Å². The summed E-state index contributed by atoms with van der Waals surface area (Å²) in [4.78, 5) is 3.73. The number of methoxy groups -OCH3 is 2. The molecule has 4 rings (SSSR count). The minimum Gasteiger partial charge on any atom is -0.497 e. The molecule has 30 heavy (non-hydrogen) atoms. The number of fused-ring (bicyclic) bond motifs is 1. The van der Waals surface area contributed by atoms with Crippen LogP contribution in [0.4, 0.5) is 5.69 Å². The zero-order valence-electron chi connectivity index (χ0n) is 18.3. The fourth-order valence-electron chi connectivity index (χ4n) is 3.99. The van der Waals surface area contributed by atoms with Crippen molar-refractivity contribution in [2.75, 3.05) is 25.7 Å². The van der Waals surface area contributed by atoms with Gasteiger partial charge in [0.05, 0.1) is 26.1 Å². The average molecular weight is 424 g/mol. The van der Waals surface area contributed by atoms with Gasteiger partial charge in [-0.3, -0.25) is 4.68 Å². The molecule has 0 aliphatic carbocycles. The summed E-state index contributed by atoms with van der Waals surface area (Å²) in [6.07, 6.45) is 3.05. The minimum absolute atomic E-state index is 0.375. The van der Waals surface area contributed by atoms with Gasteiger partial charge in [0, 0.05) is 41.5 Å².